The number of nitrogens with zero attached hydrogens (tertiary/aromatic N) is 2. The van der Waals surface area contributed by atoms with Crippen LogP contribution in [0.3, 0.4) is 0 Å². The van der Waals surface area contributed by atoms with E-state index in [0.29, 0.717) is 5.57 Å². The zero-order valence-corrected chi connectivity index (χ0v) is 5.37. The number of amides is 3. The number of carbonyl (C=O) groups is 2. The lowest BCUT2D eigenvalue weighted by Crippen LogP contribution is -2.52. The summed E-state index contributed by atoms with van der Waals surface area (Å²) in [6.45, 7) is 0. The predicted molar refractivity (Wildman–Crippen MR) is 33.4 cm³/mol. The lowest BCUT2D eigenvalue weighted by molar-refractivity contribution is -0.117. The molecule has 11 heavy (non-hydrogen) atoms. The topological polar surface area (TPSA) is 82.9 Å². The Bertz CT molecular complexity index is 293. The fraction of sp³-hybridized carbons (Fsp3) is 0.200. The molecule has 2 N–H and O–H groups in total. The Morgan fingerprint density at radius 2 is 2.27 bits per heavy atom. The zero-order chi connectivity index (χ0) is 7.84. The minimum Gasteiger partial charge on any atom is -0.310 e. The van der Waals surface area contributed by atoms with Gasteiger partial charge in [0, 0.05) is 0 Å². The van der Waals surface area contributed by atoms with Crippen LogP contribution in [0, 0.1) is 0 Å². The lowest BCUT2D eigenvalue weighted by Gasteiger charge is -2.17. The molecular weight excluding hydrogens is 148 g/mol. The van der Waals surface area contributed by atoms with Crippen LogP contribution >= 0.6 is 0 Å². The van der Waals surface area contributed by atoms with Gasteiger partial charge in [0.2, 0.25) is 0 Å². The van der Waals surface area contributed by atoms with E-state index in [1.807, 2.05) is 0 Å². The first-order valence-electron chi connectivity index (χ1n) is 2.99. The number of nitrogens with one attached hydrogen (secondary N) is 2. The predicted octanol–water partition coefficient (Wildman–Crippen LogP) is -0.498. The van der Waals surface area contributed by atoms with Gasteiger partial charge in [0.15, 0.2) is 6.17 Å². The highest BCUT2D eigenvalue weighted by Crippen LogP contribution is 2.14. The molecule has 0 radical (unpaired) electrons. The highest BCUT2D eigenvalue weighted by molar-refractivity contribution is 6.07. The van der Waals surface area contributed by atoms with Gasteiger partial charge in [-0.15, -0.1) is 0 Å². The van der Waals surface area contributed by atoms with Crippen molar-refractivity contribution < 1.29 is 9.59 Å². The molecule has 1 fully saturated rings. The molecule has 0 aliphatic carbocycles. The number of hydrogen-bond acceptors (Lipinski definition) is 4. The molecule has 56 valence electrons. The van der Waals surface area contributed by atoms with Crippen LogP contribution in [0.4, 0.5) is 4.79 Å². The summed E-state index contributed by atoms with van der Waals surface area (Å²) in [6, 6.07) is -0.530. The number of rotatable bonds is 0. The monoisotopic (exact) mass is 152 g/mol. The van der Waals surface area contributed by atoms with Crippen LogP contribution in [0.5, 0.6) is 0 Å². The molecule has 1 saturated heterocycles. The van der Waals surface area contributed by atoms with Crippen LogP contribution in [0.15, 0.2) is 22.0 Å². The van der Waals surface area contributed by atoms with Crippen molar-refractivity contribution in [2.75, 3.05) is 0 Å². The second-order valence-electron chi connectivity index (χ2n) is 2.15. The number of urea groups is 1. The van der Waals surface area contributed by atoms with E-state index in [-0.39, 0.29) is 0 Å². The molecule has 2 heterocycles. The lowest BCUT2D eigenvalue weighted by atomic mass is 10.2. The van der Waals surface area contributed by atoms with Crippen LogP contribution in [0.25, 0.3) is 0 Å². The molecule has 2 aliphatic heterocycles. The van der Waals surface area contributed by atoms with E-state index >= 15 is 0 Å². The Morgan fingerprint density at radius 3 is 3.09 bits per heavy atom. The van der Waals surface area contributed by atoms with Crippen LogP contribution < -0.4 is 10.6 Å². The Kier molecular flexibility index (Phi) is 1.03. The highest BCUT2D eigenvalue weighted by atomic mass is 16.2. The first-order chi connectivity index (χ1) is 5.27. The van der Waals surface area contributed by atoms with E-state index < -0.39 is 18.1 Å². The molecule has 0 saturated carbocycles. The first kappa shape index (κ1) is 6.02. The molecule has 2 rings (SSSR count). The van der Waals surface area contributed by atoms with Crippen molar-refractivity contribution in [1.82, 2.24) is 10.6 Å². The molecule has 6 heteroatoms. The van der Waals surface area contributed by atoms with Crippen molar-refractivity contribution in [3.63, 3.8) is 0 Å². The Morgan fingerprint density at radius 1 is 1.45 bits per heavy atom. The smallest absolute Gasteiger partial charge is 0.310 e. The summed E-state index contributed by atoms with van der Waals surface area (Å²) in [5.74, 6) is -0.427. The Labute approximate surface area is 61.4 Å². The number of fused-ring (bicyclic) bond motifs is 1. The second kappa shape index (κ2) is 1.88. The maximum atomic E-state index is 10.9. The van der Waals surface area contributed by atoms with E-state index in [4.69, 9.17) is 0 Å². The average molecular weight is 152 g/mol. The summed E-state index contributed by atoms with van der Waals surface area (Å²) < 4.78 is 0. The fourth-order valence-electron chi connectivity index (χ4n) is 0.920. The van der Waals surface area contributed by atoms with Crippen molar-refractivity contribution in [2.24, 2.45) is 10.2 Å². The molecule has 0 aromatic heterocycles. The quantitative estimate of drug-likeness (QED) is 0.490. The summed E-state index contributed by atoms with van der Waals surface area (Å²) in [6.07, 6.45) is 0.760. The van der Waals surface area contributed by atoms with Crippen LogP contribution in [0.1, 0.15) is 0 Å². The summed E-state index contributed by atoms with van der Waals surface area (Å²) in [5.41, 5.74) is 0.379. The fourth-order valence-corrected chi connectivity index (χ4v) is 0.920. The number of hydrogen-bond donors (Lipinski definition) is 2. The highest BCUT2D eigenvalue weighted by Gasteiger charge is 2.31. The Balaban J connectivity index is 2.31. The van der Waals surface area contributed by atoms with Gasteiger partial charge in [-0.25, -0.2) is 4.79 Å². The average Bonchev–Trinajstić information content (AvgIpc) is 2.34. The van der Waals surface area contributed by atoms with Crippen molar-refractivity contribution >= 4 is 11.9 Å². The molecule has 2 aliphatic rings. The molecule has 1 unspecified atom stereocenters. The third kappa shape index (κ3) is 0.794. The van der Waals surface area contributed by atoms with Gasteiger partial charge in [0.05, 0.1) is 11.8 Å². The van der Waals surface area contributed by atoms with Gasteiger partial charge in [-0.2, -0.15) is 10.2 Å². The van der Waals surface area contributed by atoms with Crippen LogP contribution in [-0.2, 0) is 4.79 Å². The molecule has 0 bridgehead atoms. The van der Waals surface area contributed by atoms with Crippen LogP contribution in [0.2, 0.25) is 0 Å². The largest absolute Gasteiger partial charge is 0.323 e. The summed E-state index contributed by atoms with van der Waals surface area (Å²) in [5, 5.41) is 11.6. The molecule has 6 nitrogen and oxygen atoms in total. The van der Waals surface area contributed by atoms with E-state index in [2.05, 4.69) is 20.9 Å². The molecule has 3 amide bonds. The minimum atomic E-state index is -0.573. The normalized spacial score (nSPS) is 27.3. The standard InChI is InChI=1S/C5H4N4O2/c10-4-2-1-6-9-3(2)7-5(11)8-4/h1,3H,(H2,7,8,10,11). The van der Waals surface area contributed by atoms with E-state index in [1.54, 1.807) is 0 Å². The first-order valence-corrected chi connectivity index (χ1v) is 2.99. The second-order valence-corrected chi connectivity index (χ2v) is 2.15. The molecule has 1 atom stereocenters. The Hall–Kier alpha value is -1.72. The van der Waals surface area contributed by atoms with Crippen molar-refractivity contribution in [2.45, 2.75) is 6.17 Å². The van der Waals surface area contributed by atoms with E-state index in [1.165, 1.54) is 6.20 Å². The minimum absolute atomic E-state index is 0.379. The van der Waals surface area contributed by atoms with E-state index in [0.717, 1.165) is 0 Å². The molecule has 0 aromatic carbocycles. The maximum absolute atomic E-state index is 10.9. The van der Waals surface area contributed by atoms with Gasteiger partial charge < -0.3 is 5.32 Å². The maximum Gasteiger partial charge on any atom is 0.323 e. The van der Waals surface area contributed by atoms with Gasteiger partial charge >= 0.3 is 6.03 Å². The molecule has 0 spiro atoms. The molecule has 0 aromatic rings. The SMILES string of the molecule is O=C1NC(=O)C2=CN=NC2N1. The van der Waals surface area contributed by atoms with Crippen molar-refractivity contribution in [3.05, 3.63) is 11.8 Å². The van der Waals surface area contributed by atoms with Gasteiger partial charge in [0.1, 0.15) is 0 Å². The van der Waals surface area contributed by atoms with Gasteiger partial charge in [0.25, 0.3) is 5.91 Å². The van der Waals surface area contributed by atoms with Crippen molar-refractivity contribution in [3.8, 4) is 0 Å². The summed E-state index contributed by atoms with van der Waals surface area (Å²) >= 11 is 0. The van der Waals surface area contributed by atoms with Crippen molar-refractivity contribution in [1.29, 1.82) is 0 Å². The van der Waals surface area contributed by atoms with E-state index in [9.17, 15) is 9.59 Å². The third-order valence-electron chi connectivity index (χ3n) is 1.43. The summed E-state index contributed by atoms with van der Waals surface area (Å²) in [7, 11) is 0. The number of azo groups is 1. The van der Waals surface area contributed by atoms with Gasteiger partial charge in [-0.1, -0.05) is 0 Å². The van der Waals surface area contributed by atoms with Gasteiger partial charge in [-0.05, 0) is 0 Å². The number of carbonyl (C=O) groups excluding carboxylic acids is 2. The molecular formula is C5H4N4O2. The van der Waals surface area contributed by atoms with Gasteiger partial charge in [-0.3, -0.25) is 10.1 Å². The van der Waals surface area contributed by atoms with Crippen LogP contribution in [-0.4, -0.2) is 18.1 Å². The zero-order valence-electron chi connectivity index (χ0n) is 5.37. The number of imide groups is 1. The summed E-state index contributed by atoms with van der Waals surface area (Å²) in [4.78, 5) is 21.6. The third-order valence-corrected chi connectivity index (χ3v) is 1.43.